The molecule has 0 N–H and O–H groups in total. The maximum atomic E-state index is 5.76. The van der Waals surface area contributed by atoms with E-state index in [1.54, 1.807) is 11.1 Å². The van der Waals surface area contributed by atoms with E-state index in [2.05, 4.69) is 20.8 Å². The summed E-state index contributed by atoms with van der Waals surface area (Å²) < 4.78 is 5.76. The average molecular weight is 196 g/mol. The van der Waals surface area contributed by atoms with E-state index < -0.39 is 0 Å². The Morgan fingerprint density at radius 1 is 1.54 bits per heavy atom. The topological polar surface area (TPSA) is 9.23 Å². The molecule has 1 saturated carbocycles. The Hall–Kier alpha value is -0.0831. The number of fused-ring (bicyclic) bond motifs is 2. The lowest BCUT2D eigenvalue weighted by molar-refractivity contribution is 0.340. The lowest BCUT2D eigenvalue weighted by Crippen LogP contribution is -2.20. The van der Waals surface area contributed by atoms with Crippen molar-refractivity contribution in [3.8, 4) is 0 Å². The predicted octanol–water partition coefficient (Wildman–Crippen LogP) is 2.42. The van der Waals surface area contributed by atoms with E-state index in [0.717, 1.165) is 12.5 Å². The molecule has 0 amide bonds. The highest BCUT2D eigenvalue weighted by Gasteiger charge is 2.47. The number of allylic oxidation sites excluding steroid dienone is 2. The van der Waals surface area contributed by atoms with Gasteiger partial charge in [0, 0.05) is 11.6 Å². The molecule has 0 aromatic heterocycles. The standard InChI is InChI=1S/C11H20OSi/c1-4-12-13-11-6-5-10(7-11)8(2)9(11)3/h10H,4-7,13H2,1-3H3. The van der Waals surface area contributed by atoms with E-state index in [1.807, 2.05) is 0 Å². The summed E-state index contributed by atoms with van der Waals surface area (Å²) in [7, 11) is -0.315. The first-order valence-electron chi connectivity index (χ1n) is 5.45. The predicted molar refractivity (Wildman–Crippen MR) is 58.6 cm³/mol. The molecule has 0 radical (unpaired) electrons. The molecule has 2 bridgehead atoms. The molecular weight excluding hydrogens is 176 g/mol. The van der Waals surface area contributed by atoms with Crippen LogP contribution in [-0.4, -0.2) is 16.4 Å². The Labute approximate surface area is 83.5 Å². The highest BCUT2D eigenvalue weighted by atomic mass is 28.2. The molecule has 0 heterocycles. The van der Waals surface area contributed by atoms with Gasteiger partial charge in [-0.1, -0.05) is 11.1 Å². The van der Waals surface area contributed by atoms with Crippen molar-refractivity contribution in [3.05, 3.63) is 11.1 Å². The Bertz CT molecular complexity index is 246. The van der Waals surface area contributed by atoms with Gasteiger partial charge >= 0.3 is 0 Å². The molecular formula is C11H20OSi. The molecule has 2 aliphatic rings. The van der Waals surface area contributed by atoms with E-state index in [0.29, 0.717) is 5.04 Å². The minimum absolute atomic E-state index is 0.315. The average Bonchev–Trinajstić information content (AvgIpc) is 2.65. The summed E-state index contributed by atoms with van der Waals surface area (Å²) in [5.41, 5.74) is 3.39. The molecule has 1 fully saturated rings. The number of hydrogen-bond acceptors (Lipinski definition) is 1. The lowest BCUT2D eigenvalue weighted by Gasteiger charge is -2.28. The Balaban J connectivity index is 2.15. The molecule has 2 aliphatic carbocycles. The van der Waals surface area contributed by atoms with Crippen molar-refractivity contribution in [2.45, 2.75) is 45.1 Å². The minimum atomic E-state index is -0.315. The van der Waals surface area contributed by atoms with Gasteiger partial charge in [0.25, 0.3) is 0 Å². The monoisotopic (exact) mass is 196 g/mol. The van der Waals surface area contributed by atoms with Crippen molar-refractivity contribution < 1.29 is 4.43 Å². The Morgan fingerprint density at radius 3 is 2.85 bits per heavy atom. The second-order valence-corrected chi connectivity index (χ2v) is 6.72. The van der Waals surface area contributed by atoms with Crippen molar-refractivity contribution in [1.29, 1.82) is 0 Å². The van der Waals surface area contributed by atoms with Gasteiger partial charge in [-0.2, -0.15) is 0 Å². The molecule has 2 rings (SSSR count). The fourth-order valence-corrected chi connectivity index (χ4v) is 5.00. The molecule has 2 heteroatoms. The van der Waals surface area contributed by atoms with Gasteiger partial charge < -0.3 is 4.43 Å². The van der Waals surface area contributed by atoms with Gasteiger partial charge in [-0.15, -0.1) is 0 Å². The van der Waals surface area contributed by atoms with E-state index in [-0.39, 0.29) is 9.76 Å². The van der Waals surface area contributed by atoms with Crippen LogP contribution in [-0.2, 0) is 4.43 Å². The van der Waals surface area contributed by atoms with Crippen molar-refractivity contribution >= 4 is 9.76 Å². The second kappa shape index (κ2) is 3.25. The van der Waals surface area contributed by atoms with Crippen LogP contribution in [0.15, 0.2) is 11.1 Å². The van der Waals surface area contributed by atoms with Crippen LogP contribution in [0, 0.1) is 5.92 Å². The molecule has 74 valence electrons. The fourth-order valence-electron chi connectivity index (χ4n) is 3.10. The summed E-state index contributed by atoms with van der Waals surface area (Å²) in [4.78, 5) is 0. The fraction of sp³-hybridized carbons (Fsp3) is 0.818. The van der Waals surface area contributed by atoms with Crippen molar-refractivity contribution in [2.24, 2.45) is 5.92 Å². The van der Waals surface area contributed by atoms with Crippen LogP contribution >= 0.6 is 0 Å². The van der Waals surface area contributed by atoms with Crippen LogP contribution in [0.25, 0.3) is 0 Å². The summed E-state index contributed by atoms with van der Waals surface area (Å²) in [6, 6.07) is 0. The Morgan fingerprint density at radius 2 is 2.31 bits per heavy atom. The van der Waals surface area contributed by atoms with E-state index in [4.69, 9.17) is 4.43 Å². The zero-order valence-electron chi connectivity index (χ0n) is 9.02. The first kappa shape index (κ1) is 9.47. The molecule has 0 saturated heterocycles. The van der Waals surface area contributed by atoms with E-state index >= 15 is 0 Å². The third kappa shape index (κ3) is 1.31. The maximum absolute atomic E-state index is 5.76. The largest absolute Gasteiger partial charge is 0.423 e. The minimum Gasteiger partial charge on any atom is -0.423 e. The zero-order chi connectivity index (χ0) is 9.47. The molecule has 0 spiro atoms. The van der Waals surface area contributed by atoms with Gasteiger partial charge in [-0.25, -0.2) is 0 Å². The van der Waals surface area contributed by atoms with Crippen LogP contribution in [0.4, 0.5) is 0 Å². The lowest BCUT2D eigenvalue weighted by atomic mass is 9.93. The van der Waals surface area contributed by atoms with Crippen molar-refractivity contribution in [1.82, 2.24) is 0 Å². The van der Waals surface area contributed by atoms with Crippen molar-refractivity contribution in [3.63, 3.8) is 0 Å². The van der Waals surface area contributed by atoms with Gasteiger partial charge in [0.2, 0.25) is 0 Å². The molecule has 0 aromatic carbocycles. The number of hydrogen-bond donors (Lipinski definition) is 0. The summed E-state index contributed by atoms with van der Waals surface area (Å²) in [6.45, 7) is 7.73. The van der Waals surface area contributed by atoms with Crippen LogP contribution in [0.3, 0.4) is 0 Å². The quantitative estimate of drug-likeness (QED) is 0.497. The smallest absolute Gasteiger partial charge is 0.171 e. The van der Waals surface area contributed by atoms with Gasteiger partial charge in [0.1, 0.15) is 0 Å². The van der Waals surface area contributed by atoms with Crippen LogP contribution in [0.1, 0.15) is 40.0 Å². The maximum Gasteiger partial charge on any atom is 0.171 e. The summed E-state index contributed by atoms with van der Waals surface area (Å²) in [5, 5.41) is 0.588. The van der Waals surface area contributed by atoms with E-state index in [1.165, 1.54) is 19.3 Å². The SMILES string of the molecule is CCO[SiH2]C12CCC(C1)C(C)=C2C. The molecule has 1 nitrogen and oxygen atoms in total. The Kier molecular flexibility index (Phi) is 2.36. The molecule has 2 unspecified atom stereocenters. The molecule has 2 atom stereocenters. The first-order chi connectivity index (χ1) is 6.19. The summed E-state index contributed by atoms with van der Waals surface area (Å²) in [5.74, 6) is 0.924. The zero-order valence-corrected chi connectivity index (χ0v) is 10.4. The van der Waals surface area contributed by atoms with Gasteiger partial charge in [-0.05, 0) is 46.0 Å². The van der Waals surface area contributed by atoms with Crippen molar-refractivity contribution in [2.75, 3.05) is 6.61 Å². The first-order valence-corrected chi connectivity index (χ1v) is 6.73. The molecule has 0 aliphatic heterocycles. The van der Waals surface area contributed by atoms with Crippen LogP contribution < -0.4 is 0 Å². The molecule has 0 aromatic rings. The summed E-state index contributed by atoms with van der Waals surface area (Å²) in [6.07, 6.45) is 4.28. The van der Waals surface area contributed by atoms with Gasteiger partial charge in [0.15, 0.2) is 9.76 Å². The number of rotatable bonds is 3. The summed E-state index contributed by atoms with van der Waals surface area (Å²) >= 11 is 0. The highest BCUT2D eigenvalue weighted by Crippen LogP contribution is 2.61. The highest BCUT2D eigenvalue weighted by molar-refractivity contribution is 6.34. The van der Waals surface area contributed by atoms with Gasteiger partial charge in [0.05, 0.1) is 0 Å². The third-order valence-electron chi connectivity index (χ3n) is 4.19. The normalized spacial score (nSPS) is 38.5. The molecule has 13 heavy (non-hydrogen) atoms. The van der Waals surface area contributed by atoms with Crippen LogP contribution in [0.5, 0.6) is 0 Å². The second-order valence-electron chi connectivity index (χ2n) is 4.67. The van der Waals surface area contributed by atoms with Crippen LogP contribution in [0.2, 0.25) is 5.04 Å². The third-order valence-corrected chi connectivity index (χ3v) is 6.53. The van der Waals surface area contributed by atoms with Gasteiger partial charge in [-0.3, -0.25) is 0 Å². The van der Waals surface area contributed by atoms with E-state index in [9.17, 15) is 0 Å².